The summed E-state index contributed by atoms with van der Waals surface area (Å²) in [4.78, 5) is 4.60. The number of nitrogens with one attached hydrogen (secondary N) is 1. The Bertz CT molecular complexity index is 710. The van der Waals surface area contributed by atoms with E-state index in [4.69, 9.17) is 0 Å². The molecule has 0 aliphatic heterocycles. The zero-order valence-corrected chi connectivity index (χ0v) is 12.1. The summed E-state index contributed by atoms with van der Waals surface area (Å²) in [5.74, 6) is 0. The van der Waals surface area contributed by atoms with Crippen LogP contribution in [0.2, 0.25) is 0 Å². The molecule has 3 heterocycles. The van der Waals surface area contributed by atoms with Gasteiger partial charge in [-0.2, -0.15) is 5.10 Å². The molecule has 0 saturated heterocycles. The van der Waals surface area contributed by atoms with Crippen molar-refractivity contribution in [2.24, 2.45) is 7.05 Å². The fourth-order valence-electron chi connectivity index (χ4n) is 1.68. The molecule has 0 bridgehead atoms. The molecule has 0 aliphatic rings. The maximum absolute atomic E-state index is 12.0. The van der Waals surface area contributed by atoms with Gasteiger partial charge in [0.05, 0.1) is 28.5 Å². The van der Waals surface area contributed by atoms with E-state index in [2.05, 4.69) is 25.0 Å². The third kappa shape index (κ3) is 2.58. The van der Waals surface area contributed by atoms with Gasteiger partial charge in [-0.3, -0.25) is 14.4 Å². The zero-order chi connectivity index (χ0) is 12.5. The maximum Gasteiger partial charge on any atom is 0.150 e. The minimum atomic E-state index is -1.41. The van der Waals surface area contributed by atoms with Gasteiger partial charge >= 0.3 is 0 Å². The normalized spacial score (nSPS) is 12.1. The molecule has 0 spiro atoms. The molecule has 0 radical (unpaired) electrons. The van der Waals surface area contributed by atoms with Crippen molar-refractivity contribution in [2.75, 3.05) is 4.72 Å². The molecule has 0 saturated carbocycles. The van der Waals surface area contributed by atoms with E-state index in [1.807, 2.05) is 7.05 Å². The summed E-state index contributed by atoms with van der Waals surface area (Å²) in [6.45, 7) is 0. The van der Waals surface area contributed by atoms with E-state index in [9.17, 15) is 4.21 Å². The number of hydrogen-bond donors (Lipinski definition) is 1. The van der Waals surface area contributed by atoms with Crippen molar-refractivity contribution in [1.82, 2.24) is 25.0 Å². The molecular formula is C10H9N6OPdS-. The number of nitrogens with zero attached hydrogens (tertiary/aromatic N) is 5. The monoisotopic (exact) mass is 367 g/mol. The molecule has 1 atom stereocenters. The third-order valence-electron chi connectivity index (χ3n) is 2.49. The number of hydrogen-bond acceptors (Lipinski definition) is 4. The van der Waals surface area contributed by atoms with Gasteiger partial charge in [-0.15, -0.1) is 6.20 Å². The molecular weight excluding hydrogens is 359 g/mol. The van der Waals surface area contributed by atoms with Gasteiger partial charge in [0.15, 0.2) is 0 Å². The summed E-state index contributed by atoms with van der Waals surface area (Å²) in [5.41, 5.74) is 1.51. The molecule has 9 heteroatoms. The van der Waals surface area contributed by atoms with Crippen LogP contribution in [0.1, 0.15) is 0 Å². The quantitative estimate of drug-likeness (QED) is 0.679. The van der Waals surface area contributed by atoms with E-state index in [1.54, 1.807) is 23.3 Å². The molecule has 3 aromatic heterocycles. The molecule has 0 aliphatic carbocycles. The Morgan fingerprint density at radius 2 is 2.16 bits per heavy atom. The maximum atomic E-state index is 12.0. The van der Waals surface area contributed by atoms with Crippen LogP contribution in [0, 0.1) is 0 Å². The van der Waals surface area contributed by atoms with E-state index in [1.165, 1.54) is 12.4 Å². The number of aryl methyl sites for hydroxylation is 1. The molecule has 102 valence electrons. The largest absolute Gasteiger partial charge is 0.581 e. The van der Waals surface area contributed by atoms with Crippen molar-refractivity contribution in [3.63, 3.8) is 0 Å². The second-order valence-corrected chi connectivity index (χ2v) is 4.87. The molecule has 0 amide bonds. The first-order valence-electron chi connectivity index (χ1n) is 5.13. The predicted octanol–water partition coefficient (Wildman–Crippen LogP) is 0.453. The van der Waals surface area contributed by atoms with Crippen LogP contribution >= 0.6 is 0 Å². The van der Waals surface area contributed by atoms with Crippen molar-refractivity contribution in [3.05, 3.63) is 31.0 Å². The Kier molecular flexibility index (Phi) is 4.09. The van der Waals surface area contributed by atoms with Gasteiger partial charge in [-0.05, 0) is 0 Å². The van der Waals surface area contributed by atoms with Crippen LogP contribution in [0.3, 0.4) is 0 Å². The number of anilines is 1. The summed E-state index contributed by atoms with van der Waals surface area (Å²) in [7, 11) is 0.414. The Labute approximate surface area is 125 Å². The molecule has 1 N–H and O–H groups in total. The second-order valence-electron chi connectivity index (χ2n) is 3.66. The van der Waals surface area contributed by atoms with E-state index in [0.29, 0.717) is 10.6 Å². The second kappa shape index (κ2) is 5.61. The molecule has 7 nitrogen and oxygen atoms in total. The molecule has 0 aromatic carbocycles. The van der Waals surface area contributed by atoms with Crippen molar-refractivity contribution in [1.29, 1.82) is 0 Å². The Balaban J connectivity index is 0.00000133. The SMILES string of the molecule is Cn1ncc2cncc(NS(=O)c3cn[n-]c3)c21.[Pd]. The fourth-order valence-corrected chi connectivity index (χ4v) is 2.43. The van der Waals surface area contributed by atoms with Crippen molar-refractivity contribution in [3.8, 4) is 0 Å². The topological polar surface area (TPSA) is 86.8 Å². The fraction of sp³-hybridized carbons (Fsp3) is 0.100. The van der Waals surface area contributed by atoms with Crippen LogP contribution in [0.5, 0.6) is 0 Å². The summed E-state index contributed by atoms with van der Waals surface area (Å²) in [6, 6.07) is 0. The first kappa shape index (κ1) is 13.9. The van der Waals surface area contributed by atoms with Gasteiger partial charge in [0.1, 0.15) is 11.0 Å². The number of aromatic nitrogens is 5. The minimum Gasteiger partial charge on any atom is -0.581 e. The van der Waals surface area contributed by atoms with Crippen molar-refractivity contribution in [2.45, 2.75) is 4.90 Å². The van der Waals surface area contributed by atoms with E-state index in [-0.39, 0.29) is 20.4 Å². The van der Waals surface area contributed by atoms with Crippen LogP contribution in [-0.4, -0.2) is 24.1 Å². The molecule has 0 fully saturated rings. The zero-order valence-electron chi connectivity index (χ0n) is 9.76. The molecule has 3 rings (SSSR count). The van der Waals surface area contributed by atoms with Crippen LogP contribution in [0.25, 0.3) is 10.9 Å². The first-order valence-corrected chi connectivity index (χ1v) is 6.28. The summed E-state index contributed by atoms with van der Waals surface area (Å²) in [6.07, 6.45) is 7.95. The van der Waals surface area contributed by atoms with Gasteiger partial charge in [0.2, 0.25) is 0 Å². The molecule has 3 aromatic rings. The smallest absolute Gasteiger partial charge is 0.150 e. The van der Waals surface area contributed by atoms with Crippen LogP contribution in [-0.2, 0) is 38.5 Å². The Morgan fingerprint density at radius 3 is 2.89 bits per heavy atom. The Hall–Kier alpha value is -1.56. The Morgan fingerprint density at radius 1 is 1.32 bits per heavy atom. The first-order chi connectivity index (χ1) is 8.75. The van der Waals surface area contributed by atoms with E-state index < -0.39 is 11.0 Å². The van der Waals surface area contributed by atoms with Crippen molar-refractivity contribution < 1.29 is 24.6 Å². The summed E-state index contributed by atoms with van der Waals surface area (Å²) < 4.78 is 16.6. The third-order valence-corrected chi connectivity index (χ3v) is 3.54. The molecule has 19 heavy (non-hydrogen) atoms. The predicted molar refractivity (Wildman–Crippen MR) is 66.1 cm³/mol. The standard InChI is InChI=1S/C10H9N6OS.Pd/c1-16-10-7(3-14-16)2-11-6-9(10)15-18(17)8-4-12-13-5-8;/h2-6,15H,1H3;/q-1;. The van der Waals surface area contributed by atoms with Gasteiger partial charge in [0.25, 0.3) is 0 Å². The average Bonchev–Trinajstić information content (AvgIpc) is 3.00. The summed E-state index contributed by atoms with van der Waals surface area (Å²) >= 11 is 0. The summed E-state index contributed by atoms with van der Waals surface area (Å²) in [5, 5.41) is 12.3. The van der Waals surface area contributed by atoms with Crippen LogP contribution in [0.4, 0.5) is 5.69 Å². The number of pyridine rings is 1. The van der Waals surface area contributed by atoms with Crippen LogP contribution < -0.4 is 9.82 Å². The van der Waals surface area contributed by atoms with Crippen LogP contribution in [0.15, 0.2) is 35.9 Å². The number of fused-ring (bicyclic) bond motifs is 1. The van der Waals surface area contributed by atoms with Gasteiger partial charge < -0.3 is 10.2 Å². The average molecular weight is 368 g/mol. The van der Waals surface area contributed by atoms with Gasteiger partial charge in [-0.1, -0.05) is 0 Å². The van der Waals surface area contributed by atoms with Crippen molar-refractivity contribution >= 4 is 27.6 Å². The minimum absolute atomic E-state index is 0. The van der Waals surface area contributed by atoms with Gasteiger partial charge in [0, 0.05) is 45.3 Å². The number of rotatable bonds is 3. The molecule has 1 unspecified atom stereocenters. The van der Waals surface area contributed by atoms with E-state index in [0.717, 1.165) is 10.9 Å². The van der Waals surface area contributed by atoms with Gasteiger partial charge in [-0.25, -0.2) is 4.21 Å². The van der Waals surface area contributed by atoms with E-state index >= 15 is 0 Å².